The van der Waals surface area contributed by atoms with E-state index >= 15 is 0 Å². The van der Waals surface area contributed by atoms with E-state index in [1.165, 1.54) is 12.1 Å². The molecule has 9 heteroatoms. The van der Waals surface area contributed by atoms with Gasteiger partial charge < -0.3 is 5.73 Å². The summed E-state index contributed by atoms with van der Waals surface area (Å²) in [5, 5.41) is 0.788. The van der Waals surface area contributed by atoms with Crippen LogP contribution in [0, 0.1) is 0 Å². The van der Waals surface area contributed by atoms with E-state index in [9.17, 15) is 18.0 Å². The van der Waals surface area contributed by atoms with Crippen LogP contribution in [0.2, 0.25) is 10.0 Å². The van der Waals surface area contributed by atoms with Crippen LogP contribution in [0.4, 0.5) is 18.9 Å². The van der Waals surface area contributed by atoms with E-state index in [1.807, 2.05) is 0 Å². The van der Waals surface area contributed by atoms with E-state index in [4.69, 9.17) is 28.9 Å². The highest BCUT2D eigenvalue weighted by atomic mass is 35.5. The fourth-order valence-electron chi connectivity index (χ4n) is 2.55. The van der Waals surface area contributed by atoms with Crippen LogP contribution in [0.1, 0.15) is 11.3 Å². The van der Waals surface area contributed by atoms with Crippen LogP contribution in [-0.4, -0.2) is 9.55 Å². The number of alkyl halides is 3. The number of nitrogens with two attached hydrogens (primary N) is 1. The Labute approximate surface area is 162 Å². The molecule has 0 amide bonds. The van der Waals surface area contributed by atoms with Gasteiger partial charge >= 0.3 is 6.18 Å². The molecule has 0 bridgehead atoms. The lowest BCUT2D eigenvalue weighted by molar-refractivity contribution is -0.140. The molecule has 140 valence electrons. The quantitative estimate of drug-likeness (QED) is 0.666. The normalized spacial score (nSPS) is 11.6. The monoisotopic (exact) mass is 413 g/mol. The molecule has 0 aliphatic rings. The number of benzene rings is 2. The van der Waals surface area contributed by atoms with Crippen molar-refractivity contribution in [1.82, 2.24) is 9.55 Å². The van der Waals surface area contributed by atoms with Crippen LogP contribution in [0.5, 0.6) is 0 Å². The Morgan fingerprint density at radius 1 is 1.04 bits per heavy atom. The molecule has 0 aliphatic carbocycles. The second-order valence-electron chi connectivity index (χ2n) is 5.72. The van der Waals surface area contributed by atoms with Gasteiger partial charge in [-0.1, -0.05) is 47.5 Å². The Morgan fingerprint density at radius 2 is 1.70 bits per heavy atom. The highest BCUT2D eigenvalue weighted by Crippen LogP contribution is 2.32. The van der Waals surface area contributed by atoms with Crippen molar-refractivity contribution in [3.63, 3.8) is 0 Å². The van der Waals surface area contributed by atoms with Gasteiger partial charge in [0.15, 0.2) is 5.69 Å². The molecule has 1 aromatic heterocycles. The predicted octanol–water partition coefficient (Wildman–Crippen LogP) is 4.87. The zero-order chi connectivity index (χ0) is 19.8. The Balaban J connectivity index is 2.25. The minimum absolute atomic E-state index is 0.0345. The molecule has 0 fully saturated rings. The van der Waals surface area contributed by atoms with Crippen molar-refractivity contribution in [3.05, 3.63) is 80.2 Å². The second kappa shape index (κ2) is 7.25. The van der Waals surface area contributed by atoms with E-state index < -0.39 is 23.1 Å². The maximum atomic E-state index is 13.3. The molecule has 0 radical (unpaired) electrons. The topological polar surface area (TPSA) is 60.9 Å². The molecule has 4 nitrogen and oxygen atoms in total. The average Bonchev–Trinajstić information content (AvgIpc) is 2.60. The van der Waals surface area contributed by atoms with Gasteiger partial charge in [0.05, 0.1) is 6.54 Å². The lowest BCUT2D eigenvalue weighted by Crippen LogP contribution is -2.30. The Morgan fingerprint density at radius 3 is 2.30 bits per heavy atom. The fraction of sp³-hybridized carbons (Fsp3) is 0.111. The molecular weight excluding hydrogens is 402 g/mol. The molecule has 0 unspecified atom stereocenters. The standard InChI is InChI=1S/C18H12Cl2F3N3O/c19-12-6-4-10(5-7-12)9-26-16(11-2-1-3-13(20)8-11)25-15(18(21,22)23)14(24)17(26)27/h1-8H,9,24H2. The number of hydrogen-bond acceptors (Lipinski definition) is 3. The van der Waals surface area contributed by atoms with Gasteiger partial charge in [-0.15, -0.1) is 0 Å². The predicted molar refractivity (Wildman–Crippen MR) is 98.9 cm³/mol. The van der Waals surface area contributed by atoms with Crippen LogP contribution in [-0.2, 0) is 12.7 Å². The first-order valence-corrected chi connectivity index (χ1v) is 8.40. The van der Waals surface area contributed by atoms with Crippen molar-refractivity contribution in [3.8, 4) is 11.4 Å². The molecule has 0 atom stereocenters. The third-order valence-corrected chi connectivity index (χ3v) is 4.30. The Bertz CT molecular complexity index is 1050. The first-order chi connectivity index (χ1) is 12.7. The van der Waals surface area contributed by atoms with Gasteiger partial charge in [-0.2, -0.15) is 13.2 Å². The molecule has 0 spiro atoms. The smallest absolute Gasteiger partial charge is 0.392 e. The van der Waals surface area contributed by atoms with E-state index in [2.05, 4.69) is 4.98 Å². The summed E-state index contributed by atoms with van der Waals surface area (Å²) in [4.78, 5) is 16.3. The van der Waals surface area contributed by atoms with Crippen molar-refractivity contribution in [2.75, 3.05) is 5.73 Å². The summed E-state index contributed by atoms with van der Waals surface area (Å²) >= 11 is 11.8. The van der Waals surface area contributed by atoms with Crippen LogP contribution in [0.3, 0.4) is 0 Å². The van der Waals surface area contributed by atoms with Crippen molar-refractivity contribution in [1.29, 1.82) is 0 Å². The fourth-order valence-corrected chi connectivity index (χ4v) is 2.87. The van der Waals surface area contributed by atoms with Gasteiger partial charge in [-0.25, -0.2) is 4.98 Å². The molecule has 3 aromatic rings. The highest BCUT2D eigenvalue weighted by molar-refractivity contribution is 6.31. The van der Waals surface area contributed by atoms with Gasteiger partial charge in [-0.05, 0) is 29.8 Å². The van der Waals surface area contributed by atoms with Crippen molar-refractivity contribution in [2.45, 2.75) is 12.7 Å². The number of rotatable bonds is 3. The van der Waals surface area contributed by atoms with Gasteiger partial charge in [0.1, 0.15) is 11.5 Å². The number of nitrogens with zero attached hydrogens (tertiary/aromatic N) is 2. The maximum absolute atomic E-state index is 13.3. The molecule has 27 heavy (non-hydrogen) atoms. The summed E-state index contributed by atoms with van der Waals surface area (Å²) in [6.07, 6.45) is -4.87. The van der Waals surface area contributed by atoms with E-state index in [0.717, 1.165) is 4.57 Å². The zero-order valence-corrected chi connectivity index (χ0v) is 15.1. The first-order valence-electron chi connectivity index (χ1n) is 7.64. The Hall–Kier alpha value is -2.51. The number of anilines is 1. The molecule has 0 aliphatic heterocycles. The van der Waals surface area contributed by atoms with Gasteiger partial charge in [0.25, 0.3) is 5.56 Å². The van der Waals surface area contributed by atoms with Crippen LogP contribution in [0.25, 0.3) is 11.4 Å². The van der Waals surface area contributed by atoms with Crippen LogP contribution >= 0.6 is 23.2 Å². The molecule has 1 heterocycles. The van der Waals surface area contributed by atoms with E-state index in [0.29, 0.717) is 15.6 Å². The average molecular weight is 414 g/mol. The molecular formula is C18H12Cl2F3N3O. The minimum atomic E-state index is -4.87. The van der Waals surface area contributed by atoms with Crippen molar-refractivity contribution < 1.29 is 13.2 Å². The van der Waals surface area contributed by atoms with Crippen molar-refractivity contribution >= 4 is 28.9 Å². The summed E-state index contributed by atoms with van der Waals surface area (Å²) in [5.41, 5.74) is 3.01. The second-order valence-corrected chi connectivity index (χ2v) is 6.60. The van der Waals surface area contributed by atoms with Gasteiger partial charge in [0.2, 0.25) is 0 Å². The van der Waals surface area contributed by atoms with Crippen LogP contribution in [0.15, 0.2) is 53.3 Å². The number of halogens is 5. The SMILES string of the molecule is Nc1c(C(F)(F)F)nc(-c2cccc(Cl)c2)n(Cc2ccc(Cl)cc2)c1=O. The molecule has 0 saturated heterocycles. The molecule has 3 rings (SSSR count). The van der Waals surface area contributed by atoms with Crippen LogP contribution < -0.4 is 11.3 Å². The van der Waals surface area contributed by atoms with E-state index in [-0.39, 0.29) is 17.9 Å². The molecule has 2 N–H and O–H groups in total. The van der Waals surface area contributed by atoms with Crippen molar-refractivity contribution in [2.24, 2.45) is 0 Å². The van der Waals surface area contributed by atoms with Gasteiger partial charge in [0, 0.05) is 15.6 Å². The number of hydrogen-bond donors (Lipinski definition) is 1. The lowest BCUT2D eigenvalue weighted by atomic mass is 10.1. The largest absolute Gasteiger partial charge is 0.435 e. The summed E-state index contributed by atoms with van der Waals surface area (Å²) in [5.74, 6) is -0.182. The zero-order valence-electron chi connectivity index (χ0n) is 13.6. The van der Waals surface area contributed by atoms with E-state index in [1.54, 1.807) is 36.4 Å². The summed E-state index contributed by atoms with van der Waals surface area (Å²) < 4.78 is 40.9. The minimum Gasteiger partial charge on any atom is -0.392 e. The summed E-state index contributed by atoms with van der Waals surface area (Å²) in [6, 6.07) is 12.6. The highest BCUT2D eigenvalue weighted by Gasteiger charge is 2.37. The summed E-state index contributed by atoms with van der Waals surface area (Å²) in [7, 11) is 0. The lowest BCUT2D eigenvalue weighted by Gasteiger charge is -2.17. The first kappa shape index (κ1) is 19.3. The van der Waals surface area contributed by atoms with Gasteiger partial charge in [-0.3, -0.25) is 9.36 Å². The number of nitrogen functional groups attached to an aromatic ring is 1. The molecule has 2 aromatic carbocycles. The third kappa shape index (κ3) is 4.09. The summed E-state index contributed by atoms with van der Waals surface area (Å²) in [6.45, 7) is -0.0345. The Kier molecular flexibility index (Phi) is 5.17. The maximum Gasteiger partial charge on any atom is 0.435 e. The number of aromatic nitrogens is 2. The molecule has 0 saturated carbocycles. The third-order valence-electron chi connectivity index (χ3n) is 3.81.